The molecule has 0 fully saturated rings. The molecule has 0 radical (unpaired) electrons. The molecule has 0 spiro atoms. The number of nitrogens with zero attached hydrogens (tertiary/aromatic N) is 1. The van der Waals surface area contributed by atoms with Crippen LogP contribution in [0.3, 0.4) is 0 Å². The van der Waals surface area contributed by atoms with Crippen molar-refractivity contribution < 1.29 is 21.1 Å². The third kappa shape index (κ3) is 4.93. The zero-order chi connectivity index (χ0) is 9.68. The van der Waals surface area contributed by atoms with Crippen molar-refractivity contribution >= 4 is 0 Å². The molecule has 1 atom stereocenters. The Hall–Kier alpha value is -0.132. The molecule has 1 nitrogen and oxygen atoms in total. The Labute approximate surface area is 102 Å². The fourth-order valence-corrected chi connectivity index (χ4v) is 1.24. The standard InChI is InChI=1S/C12H18N.W/c1-11(13(2)3)9-10-12-7-5-4-6-8-12;/h4-8,11H,2,9-10H2,1,3H3;/q-1;. The second-order valence-corrected chi connectivity index (χ2v) is 3.63. The summed E-state index contributed by atoms with van der Waals surface area (Å²) >= 11 is 0. The number of rotatable bonds is 4. The van der Waals surface area contributed by atoms with Crippen LogP contribution < -0.4 is 0 Å². The number of hydrogen-bond acceptors (Lipinski definition) is 1. The Balaban J connectivity index is 0.00000169. The van der Waals surface area contributed by atoms with E-state index in [0.29, 0.717) is 6.04 Å². The van der Waals surface area contributed by atoms with Crippen LogP contribution in [-0.2, 0) is 27.5 Å². The van der Waals surface area contributed by atoms with E-state index in [2.05, 4.69) is 44.3 Å². The van der Waals surface area contributed by atoms with Crippen LogP contribution in [-0.4, -0.2) is 18.0 Å². The molecule has 0 saturated heterocycles. The number of benzene rings is 1. The van der Waals surface area contributed by atoms with E-state index in [0.717, 1.165) is 6.42 Å². The zero-order valence-corrected chi connectivity index (χ0v) is 11.9. The summed E-state index contributed by atoms with van der Waals surface area (Å²) < 4.78 is 0. The van der Waals surface area contributed by atoms with E-state index in [4.69, 9.17) is 0 Å². The van der Waals surface area contributed by atoms with Gasteiger partial charge in [0, 0.05) is 21.1 Å². The van der Waals surface area contributed by atoms with Crippen LogP contribution in [0.2, 0.25) is 0 Å². The van der Waals surface area contributed by atoms with Gasteiger partial charge in [-0.15, -0.1) is 0 Å². The largest absolute Gasteiger partial charge is 0.459 e. The monoisotopic (exact) mass is 360 g/mol. The van der Waals surface area contributed by atoms with E-state index in [1.807, 2.05) is 11.9 Å². The molecule has 0 heterocycles. The molecule has 0 aromatic heterocycles. The quantitative estimate of drug-likeness (QED) is 0.747. The summed E-state index contributed by atoms with van der Waals surface area (Å²) in [6.45, 7) is 2.20. The van der Waals surface area contributed by atoms with Crippen LogP contribution in [0.25, 0.3) is 0 Å². The van der Waals surface area contributed by atoms with Gasteiger partial charge in [0.2, 0.25) is 0 Å². The fraction of sp³-hybridized carbons (Fsp3) is 0.417. The molecule has 0 N–H and O–H groups in total. The Morgan fingerprint density at radius 2 is 1.86 bits per heavy atom. The summed E-state index contributed by atoms with van der Waals surface area (Å²) in [5.41, 5.74) is 1.41. The predicted octanol–water partition coefficient (Wildman–Crippen LogP) is 2.73. The van der Waals surface area contributed by atoms with Crippen LogP contribution in [0, 0.1) is 7.05 Å². The molecule has 0 amide bonds. The average molecular weight is 360 g/mol. The van der Waals surface area contributed by atoms with Gasteiger partial charge in [-0.2, -0.15) is 0 Å². The average Bonchev–Trinajstić information content (AvgIpc) is 2.15. The molecule has 1 unspecified atom stereocenters. The van der Waals surface area contributed by atoms with E-state index in [1.54, 1.807) is 0 Å². The van der Waals surface area contributed by atoms with Gasteiger partial charge in [-0.25, -0.2) is 0 Å². The van der Waals surface area contributed by atoms with Crippen molar-refractivity contribution in [2.75, 3.05) is 7.05 Å². The van der Waals surface area contributed by atoms with E-state index in [9.17, 15) is 0 Å². The summed E-state index contributed by atoms with van der Waals surface area (Å²) in [6.07, 6.45) is 2.31. The molecule has 2 heteroatoms. The van der Waals surface area contributed by atoms with Crippen LogP contribution in [0.4, 0.5) is 0 Å². The van der Waals surface area contributed by atoms with Gasteiger partial charge in [0.05, 0.1) is 0 Å². The molecule has 1 aromatic carbocycles. The minimum atomic E-state index is 0. The molecule has 0 aliphatic carbocycles. The van der Waals surface area contributed by atoms with Gasteiger partial charge in [-0.3, -0.25) is 7.05 Å². The number of hydrogen-bond donors (Lipinski definition) is 0. The second kappa shape index (κ2) is 7.20. The topological polar surface area (TPSA) is 3.24 Å². The first kappa shape index (κ1) is 13.9. The first-order chi connectivity index (χ1) is 6.20. The molecule has 14 heavy (non-hydrogen) atoms. The van der Waals surface area contributed by atoms with Gasteiger partial charge in [-0.05, 0) is 31.5 Å². The van der Waals surface area contributed by atoms with Crippen molar-refractivity contribution in [1.29, 1.82) is 0 Å². The van der Waals surface area contributed by atoms with Gasteiger partial charge in [0.25, 0.3) is 0 Å². The van der Waals surface area contributed by atoms with Crippen LogP contribution >= 0.6 is 0 Å². The van der Waals surface area contributed by atoms with Crippen molar-refractivity contribution in [2.45, 2.75) is 25.8 Å². The third-order valence-electron chi connectivity index (χ3n) is 2.45. The summed E-state index contributed by atoms with van der Waals surface area (Å²) in [5.74, 6) is 0. The zero-order valence-electron chi connectivity index (χ0n) is 8.94. The molecule has 0 aliphatic rings. The summed E-state index contributed by atoms with van der Waals surface area (Å²) in [6, 6.07) is 11.1. The maximum atomic E-state index is 3.88. The van der Waals surface area contributed by atoms with Crippen molar-refractivity contribution in [1.82, 2.24) is 4.90 Å². The molecular formula is C12H18NW-. The van der Waals surface area contributed by atoms with E-state index >= 15 is 0 Å². The summed E-state index contributed by atoms with van der Waals surface area (Å²) in [7, 11) is 5.91. The van der Waals surface area contributed by atoms with Crippen molar-refractivity contribution in [2.24, 2.45) is 0 Å². The van der Waals surface area contributed by atoms with Crippen LogP contribution in [0.5, 0.6) is 0 Å². The third-order valence-corrected chi connectivity index (χ3v) is 2.45. The minimum absolute atomic E-state index is 0. The smallest absolute Gasteiger partial charge is 0 e. The Kier molecular flexibility index (Phi) is 7.13. The van der Waals surface area contributed by atoms with Gasteiger partial charge in [0.15, 0.2) is 0 Å². The second-order valence-electron chi connectivity index (χ2n) is 3.63. The molecule has 0 saturated carbocycles. The fourth-order valence-electron chi connectivity index (χ4n) is 1.24. The Morgan fingerprint density at radius 3 is 2.36 bits per heavy atom. The SMILES string of the molecule is [CH2-]N(C)C(C)CCc1ccccc1.[W]. The Morgan fingerprint density at radius 1 is 1.29 bits per heavy atom. The maximum absolute atomic E-state index is 3.88. The normalized spacial score (nSPS) is 12.3. The van der Waals surface area contributed by atoms with Crippen molar-refractivity contribution in [3.8, 4) is 0 Å². The van der Waals surface area contributed by atoms with Crippen molar-refractivity contribution in [3.63, 3.8) is 0 Å². The van der Waals surface area contributed by atoms with Gasteiger partial charge >= 0.3 is 0 Å². The summed E-state index contributed by atoms with van der Waals surface area (Å²) in [4.78, 5) is 2.02. The molecule has 0 aliphatic heterocycles. The first-order valence-corrected chi connectivity index (χ1v) is 4.77. The van der Waals surface area contributed by atoms with Crippen LogP contribution in [0.15, 0.2) is 30.3 Å². The Bertz CT molecular complexity index is 233. The molecule has 0 bridgehead atoms. The minimum Gasteiger partial charge on any atom is -0.459 e. The predicted molar refractivity (Wildman–Crippen MR) is 57.3 cm³/mol. The van der Waals surface area contributed by atoms with Crippen molar-refractivity contribution in [3.05, 3.63) is 42.9 Å². The van der Waals surface area contributed by atoms with E-state index in [-0.39, 0.29) is 21.1 Å². The molecule has 1 rings (SSSR count). The van der Waals surface area contributed by atoms with Gasteiger partial charge in [-0.1, -0.05) is 37.3 Å². The van der Waals surface area contributed by atoms with Gasteiger partial charge < -0.3 is 4.90 Å². The summed E-state index contributed by atoms with van der Waals surface area (Å²) in [5, 5.41) is 0. The number of aryl methyl sites for hydroxylation is 1. The first-order valence-electron chi connectivity index (χ1n) is 4.77. The molecule has 78 valence electrons. The molecular weight excluding hydrogens is 342 g/mol. The van der Waals surface area contributed by atoms with Crippen LogP contribution in [0.1, 0.15) is 18.9 Å². The molecule has 1 aromatic rings. The van der Waals surface area contributed by atoms with E-state index in [1.165, 1.54) is 12.0 Å². The van der Waals surface area contributed by atoms with E-state index < -0.39 is 0 Å². The van der Waals surface area contributed by atoms with Gasteiger partial charge in [0.1, 0.15) is 0 Å². The maximum Gasteiger partial charge on any atom is 0 e.